The fraction of sp³-hybridized carbons (Fsp3) is 0.235. The minimum absolute atomic E-state index is 0.149. The molecular weight excluding hydrogens is 322 g/mol. The van der Waals surface area contributed by atoms with Crippen LogP contribution < -0.4 is 4.84 Å². The van der Waals surface area contributed by atoms with Crippen molar-refractivity contribution >= 4 is 27.9 Å². The van der Waals surface area contributed by atoms with E-state index in [-0.39, 0.29) is 11.6 Å². The topological polar surface area (TPSA) is 98.0 Å². The zero-order valence-electron chi connectivity index (χ0n) is 13.9. The normalized spacial score (nSPS) is 11.4. The van der Waals surface area contributed by atoms with Gasteiger partial charge in [-0.25, -0.2) is 4.79 Å². The summed E-state index contributed by atoms with van der Waals surface area (Å²) in [4.78, 5) is 22.0. The Morgan fingerprint density at radius 2 is 2.16 bits per heavy atom. The van der Waals surface area contributed by atoms with Gasteiger partial charge in [0.2, 0.25) is 5.88 Å². The SMILES string of the molecule is CCCn1cc2[nH]c(C(=O)On3nnc4ccccc43)c(C)c2c1O. The Morgan fingerprint density at radius 3 is 2.92 bits per heavy atom. The Bertz CT molecular complexity index is 1090. The lowest BCUT2D eigenvalue weighted by Gasteiger charge is -2.04. The van der Waals surface area contributed by atoms with Crippen molar-refractivity contribution in [1.29, 1.82) is 0 Å². The maximum absolute atomic E-state index is 12.5. The molecule has 0 radical (unpaired) electrons. The van der Waals surface area contributed by atoms with Gasteiger partial charge in [0.15, 0.2) is 0 Å². The third-order valence-corrected chi connectivity index (χ3v) is 4.22. The van der Waals surface area contributed by atoms with E-state index in [1.807, 2.05) is 19.1 Å². The summed E-state index contributed by atoms with van der Waals surface area (Å²) in [6, 6.07) is 7.19. The zero-order valence-corrected chi connectivity index (χ0v) is 13.9. The van der Waals surface area contributed by atoms with Crippen LogP contribution in [-0.4, -0.2) is 35.8 Å². The van der Waals surface area contributed by atoms with Crippen molar-refractivity contribution in [3.05, 3.63) is 41.7 Å². The number of nitrogens with one attached hydrogen (secondary N) is 1. The van der Waals surface area contributed by atoms with E-state index < -0.39 is 5.97 Å². The first kappa shape index (κ1) is 15.3. The number of carbonyl (C=O) groups excluding carboxylic acids is 1. The Balaban J connectivity index is 1.69. The lowest BCUT2D eigenvalue weighted by molar-refractivity contribution is 0.0402. The molecule has 0 unspecified atom stereocenters. The summed E-state index contributed by atoms with van der Waals surface area (Å²) in [5, 5.41) is 18.8. The molecular formula is C17H17N5O3. The summed E-state index contributed by atoms with van der Waals surface area (Å²) in [5.74, 6) is -0.443. The molecule has 3 heterocycles. The summed E-state index contributed by atoms with van der Waals surface area (Å²) in [6.45, 7) is 4.51. The molecule has 4 aromatic rings. The Kier molecular flexibility index (Phi) is 3.45. The molecule has 8 heteroatoms. The zero-order chi connectivity index (χ0) is 17.6. The Hall–Kier alpha value is -3.29. The summed E-state index contributed by atoms with van der Waals surface area (Å²) in [5.41, 5.74) is 2.84. The minimum atomic E-state index is -0.592. The molecule has 0 saturated heterocycles. The van der Waals surface area contributed by atoms with Gasteiger partial charge in [-0.1, -0.05) is 23.9 Å². The van der Waals surface area contributed by atoms with E-state index >= 15 is 0 Å². The van der Waals surface area contributed by atoms with Crippen molar-refractivity contribution in [1.82, 2.24) is 24.7 Å². The van der Waals surface area contributed by atoms with E-state index in [2.05, 4.69) is 15.3 Å². The van der Waals surface area contributed by atoms with E-state index in [0.717, 1.165) is 11.3 Å². The third kappa shape index (κ3) is 2.34. The van der Waals surface area contributed by atoms with E-state index in [1.165, 1.54) is 0 Å². The monoisotopic (exact) mass is 339 g/mol. The van der Waals surface area contributed by atoms with Gasteiger partial charge in [0, 0.05) is 12.7 Å². The molecule has 0 aliphatic carbocycles. The number of hydrogen-bond donors (Lipinski definition) is 2. The number of benzene rings is 1. The van der Waals surface area contributed by atoms with Crippen molar-refractivity contribution in [2.75, 3.05) is 0 Å². The van der Waals surface area contributed by atoms with Crippen molar-refractivity contribution in [2.24, 2.45) is 0 Å². The van der Waals surface area contributed by atoms with Crippen LogP contribution in [0.5, 0.6) is 5.88 Å². The molecule has 0 spiro atoms. The van der Waals surface area contributed by atoms with Crippen LogP contribution in [0.1, 0.15) is 29.4 Å². The Morgan fingerprint density at radius 1 is 1.36 bits per heavy atom. The van der Waals surface area contributed by atoms with Crippen molar-refractivity contribution in [3.8, 4) is 5.88 Å². The van der Waals surface area contributed by atoms with Crippen LogP contribution in [0.15, 0.2) is 30.5 Å². The molecule has 0 saturated carbocycles. The average Bonchev–Trinajstić information content (AvgIpc) is 3.24. The molecule has 1 aromatic carbocycles. The number of hydrogen-bond acceptors (Lipinski definition) is 5. The van der Waals surface area contributed by atoms with Crippen molar-refractivity contribution in [2.45, 2.75) is 26.8 Å². The van der Waals surface area contributed by atoms with Gasteiger partial charge in [-0.15, -0.1) is 5.10 Å². The highest BCUT2D eigenvalue weighted by Crippen LogP contribution is 2.32. The second-order valence-corrected chi connectivity index (χ2v) is 5.89. The van der Waals surface area contributed by atoms with Gasteiger partial charge in [0.25, 0.3) is 0 Å². The maximum atomic E-state index is 12.5. The number of aromatic nitrogens is 5. The second kappa shape index (κ2) is 5.66. The Labute approximate surface area is 142 Å². The van der Waals surface area contributed by atoms with Gasteiger partial charge in [0.05, 0.1) is 10.9 Å². The number of H-pyrrole nitrogens is 1. The smallest absolute Gasteiger partial charge is 0.382 e. The molecule has 4 rings (SSSR count). The average molecular weight is 339 g/mol. The number of rotatable bonds is 4. The van der Waals surface area contributed by atoms with Gasteiger partial charge in [-0.2, -0.15) is 0 Å². The van der Waals surface area contributed by atoms with Gasteiger partial charge in [0.1, 0.15) is 16.7 Å². The van der Waals surface area contributed by atoms with Gasteiger partial charge in [-0.05, 0) is 36.3 Å². The third-order valence-electron chi connectivity index (χ3n) is 4.22. The quantitative estimate of drug-likeness (QED) is 0.556. The highest BCUT2D eigenvalue weighted by atomic mass is 16.7. The molecule has 0 atom stereocenters. The van der Waals surface area contributed by atoms with E-state index in [0.29, 0.717) is 34.0 Å². The number of fused-ring (bicyclic) bond motifs is 2. The molecule has 0 amide bonds. The molecule has 2 N–H and O–H groups in total. The fourth-order valence-corrected chi connectivity index (χ4v) is 3.02. The summed E-state index contributed by atoms with van der Waals surface area (Å²) in [7, 11) is 0. The molecule has 25 heavy (non-hydrogen) atoms. The largest absolute Gasteiger partial charge is 0.494 e. The molecule has 8 nitrogen and oxygen atoms in total. The lowest BCUT2D eigenvalue weighted by atomic mass is 10.2. The van der Waals surface area contributed by atoms with Gasteiger partial charge < -0.3 is 19.5 Å². The number of aromatic amines is 1. The maximum Gasteiger partial charge on any atom is 0.382 e. The first-order valence-electron chi connectivity index (χ1n) is 8.03. The van der Waals surface area contributed by atoms with Crippen LogP contribution in [-0.2, 0) is 6.54 Å². The number of para-hydroxylation sites is 1. The van der Waals surface area contributed by atoms with Crippen LogP contribution in [0.25, 0.3) is 21.9 Å². The number of aryl methyl sites for hydroxylation is 2. The predicted molar refractivity (Wildman–Crippen MR) is 91.4 cm³/mol. The number of carbonyl (C=O) groups is 1. The fourth-order valence-electron chi connectivity index (χ4n) is 3.02. The molecule has 128 valence electrons. The molecule has 0 bridgehead atoms. The first-order valence-corrected chi connectivity index (χ1v) is 8.03. The van der Waals surface area contributed by atoms with Crippen molar-refractivity contribution < 1.29 is 14.7 Å². The van der Waals surface area contributed by atoms with Crippen LogP contribution in [0, 0.1) is 6.92 Å². The number of aromatic hydroxyl groups is 1. The summed E-state index contributed by atoms with van der Waals surface area (Å²) >= 11 is 0. The standard InChI is InChI=1S/C17H17N5O3/c1-3-8-21-9-12-14(16(21)23)10(2)15(18-12)17(24)25-22-13-7-5-4-6-11(13)19-20-22/h4-7,9,18,23H,3,8H2,1-2H3. The number of nitrogens with zero attached hydrogens (tertiary/aromatic N) is 4. The van der Waals surface area contributed by atoms with Gasteiger partial charge in [-0.3, -0.25) is 0 Å². The first-order chi connectivity index (χ1) is 12.1. The van der Waals surface area contributed by atoms with E-state index in [9.17, 15) is 9.90 Å². The second-order valence-electron chi connectivity index (χ2n) is 5.89. The summed E-state index contributed by atoms with van der Waals surface area (Å²) in [6.07, 6.45) is 2.70. The van der Waals surface area contributed by atoms with Crippen LogP contribution >= 0.6 is 0 Å². The highest BCUT2D eigenvalue weighted by Gasteiger charge is 2.22. The molecule has 0 fully saturated rings. The lowest BCUT2D eigenvalue weighted by Crippen LogP contribution is -2.22. The van der Waals surface area contributed by atoms with Gasteiger partial charge >= 0.3 is 5.97 Å². The van der Waals surface area contributed by atoms with Crippen LogP contribution in [0.4, 0.5) is 0 Å². The van der Waals surface area contributed by atoms with Crippen LogP contribution in [0.2, 0.25) is 0 Å². The van der Waals surface area contributed by atoms with E-state index in [4.69, 9.17) is 4.84 Å². The highest BCUT2D eigenvalue weighted by molar-refractivity contribution is 6.00. The molecule has 0 aliphatic rings. The predicted octanol–water partition coefficient (Wildman–Crippen LogP) is 2.41. The summed E-state index contributed by atoms with van der Waals surface area (Å²) < 4.78 is 1.76. The molecule has 3 aromatic heterocycles. The van der Waals surface area contributed by atoms with Crippen molar-refractivity contribution in [3.63, 3.8) is 0 Å². The van der Waals surface area contributed by atoms with Crippen LogP contribution in [0.3, 0.4) is 0 Å². The van der Waals surface area contributed by atoms with E-state index in [1.54, 1.807) is 29.8 Å². The minimum Gasteiger partial charge on any atom is -0.494 e. The molecule has 0 aliphatic heterocycles.